The zero-order chi connectivity index (χ0) is 6.24. The molecule has 8 heavy (non-hydrogen) atoms. The monoisotopic (exact) mass is 173 g/mol. The van der Waals surface area contributed by atoms with Crippen LogP contribution in [0.25, 0.3) is 0 Å². The van der Waals surface area contributed by atoms with Crippen LogP contribution in [0.15, 0.2) is 0 Å². The molecule has 0 fully saturated rings. The molecule has 1 heteroatoms. The van der Waals surface area contributed by atoms with Crippen LogP contribution in [0, 0.1) is 0 Å². The van der Waals surface area contributed by atoms with E-state index in [9.17, 15) is 0 Å². The van der Waals surface area contributed by atoms with Crippen molar-refractivity contribution in [3.8, 4) is 0 Å². The topological polar surface area (TPSA) is 0 Å². The van der Waals surface area contributed by atoms with Crippen molar-refractivity contribution in [1.82, 2.24) is 0 Å². The molecule has 0 aromatic carbocycles. The van der Waals surface area contributed by atoms with Gasteiger partial charge in [-0.3, -0.25) is 0 Å². The zero-order valence-corrected chi connectivity index (χ0v) is 7.84. The van der Waals surface area contributed by atoms with Gasteiger partial charge in [0.25, 0.3) is 0 Å². The predicted octanol–water partition coefficient (Wildman–Crippen LogP) is 2.54. The van der Waals surface area contributed by atoms with Crippen LogP contribution in [-0.4, -0.2) is 16.5 Å². The standard InChI is InChI=1S/C7H15Ge/c1-2-3-4-5-6-7-8/h2-7H2,1H3. The molecule has 0 aliphatic heterocycles. The Hall–Kier alpha value is 0.543. The van der Waals surface area contributed by atoms with E-state index in [1.165, 1.54) is 37.4 Å². The van der Waals surface area contributed by atoms with E-state index in [1.807, 2.05) is 0 Å². The van der Waals surface area contributed by atoms with E-state index in [4.69, 9.17) is 0 Å². The molecule has 0 heterocycles. The molecular formula is C7H15Ge. The van der Waals surface area contributed by atoms with Crippen LogP contribution in [0.1, 0.15) is 39.0 Å². The van der Waals surface area contributed by atoms with Crippen LogP contribution in [0.3, 0.4) is 0 Å². The fourth-order valence-electron chi connectivity index (χ4n) is 0.729. The normalized spacial score (nSPS) is 9.75. The number of hydrogen-bond acceptors (Lipinski definition) is 0. The third-order valence-electron chi connectivity index (χ3n) is 1.28. The molecule has 0 N–H and O–H groups in total. The van der Waals surface area contributed by atoms with Gasteiger partial charge in [-0.2, -0.15) is 0 Å². The van der Waals surface area contributed by atoms with Gasteiger partial charge in [0.15, 0.2) is 0 Å². The number of rotatable bonds is 5. The predicted molar refractivity (Wildman–Crippen MR) is 39.3 cm³/mol. The van der Waals surface area contributed by atoms with Gasteiger partial charge in [-0.1, -0.05) is 0 Å². The van der Waals surface area contributed by atoms with Crippen molar-refractivity contribution in [3.63, 3.8) is 0 Å². The molecule has 0 aromatic heterocycles. The summed E-state index contributed by atoms with van der Waals surface area (Å²) in [4.78, 5) is 0. The minimum atomic E-state index is 1.36. The van der Waals surface area contributed by atoms with E-state index < -0.39 is 0 Å². The average Bonchev–Trinajstić information content (AvgIpc) is 1.81. The van der Waals surface area contributed by atoms with Gasteiger partial charge in [0.2, 0.25) is 0 Å². The van der Waals surface area contributed by atoms with Crippen LogP contribution in [0.2, 0.25) is 5.25 Å². The molecule has 47 valence electrons. The molecule has 0 nitrogen and oxygen atoms in total. The van der Waals surface area contributed by atoms with E-state index >= 15 is 0 Å². The Morgan fingerprint density at radius 1 is 1.00 bits per heavy atom. The van der Waals surface area contributed by atoms with Gasteiger partial charge in [0, 0.05) is 0 Å². The van der Waals surface area contributed by atoms with Crippen LogP contribution in [0.5, 0.6) is 0 Å². The quantitative estimate of drug-likeness (QED) is 0.441. The molecule has 3 radical (unpaired) electrons. The van der Waals surface area contributed by atoms with Crippen molar-refractivity contribution >= 4 is 16.5 Å². The van der Waals surface area contributed by atoms with Gasteiger partial charge in [0.05, 0.1) is 0 Å². The summed E-state index contributed by atoms with van der Waals surface area (Å²) in [5.74, 6) is 0. The van der Waals surface area contributed by atoms with E-state index in [1.54, 1.807) is 0 Å². The van der Waals surface area contributed by atoms with Gasteiger partial charge >= 0.3 is 60.8 Å². The maximum absolute atomic E-state index is 2.26. The van der Waals surface area contributed by atoms with Crippen molar-refractivity contribution in [2.75, 3.05) is 0 Å². The first kappa shape index (κ1) is 8.54. The Morgan fingerprint density at radius 3 is 2.12 bits per heavy atom. The van der Waals surface area contributed by atoms with Crippen LogP contribution < -0.4 is 0 Å². The molecule has 0 aromatic rings. The molecular weight excluding hydrogens is 157 g/mol. The van der Waals surface area contributed by atoms with E-state index in [0.717, 1.165) is 0 Å². The zero-order valence-electron chi connectivity index (χ0n) is 5.74. The Bertz CT molecular complexity index is 29.4. The van der Waals surface area contributed by atoms with Crippen LogP contribution >= 0.6 is 0 Å². The van der Waals surface area contributed by atoms with Crippen molar-refractivity contribution in [1.29, 1.82) is 0 Å². The minimum absolute atomic E-state index is 1.36. The summed E-state index contributed by atoms with van der Waals surface area (Å²) >= 11 is 2.26. The SMILES string of the molecule is CCCCCC[CH2][Ge]. The summed E-state index contributed by atoms with van der Waals surface area (Å²) in [6.45, 7) is 2.26. The molecule has 0 bridgehead atoms. The van der Waals surface area contributed by atoms with Gasteiger partial charge in [-0.15, -0.1) is 0 Å². The van der Waals surface area contributed by atoms with Crippen molar-refractivity contribution in [3.05, 3.63) is 0 Å². The number of hydrogen-bond donors (Lipinski definition) is 0. The summed E-state index contributed by atoms with van der Waals surface area (Å²) in [6.07, 6.45) is 7.12. The van der Waals surface area contributed by atoms with E-state index in [-0.39, 0.29) is 0 Å². The van der Waals surface area contributed by atoms with Crippen molar-refractivity contribution < 1.29 is 0 Å². The fraction of sp³-hybridized carbons (Fsp3) is 1.00. The second kappa shape index (κ2) is 7.54. The molecule has 0 spiro atoms. The van der Waals surface area contributed by atoms with Crippen molar-refractivity contribution in [2.24, 2.45) is 0 Å². The summed E-state index contributed by atoms with van der Waals surface area (Å²) in [5, 5.41) is 1.36. The van der Waals surface area contributed by atoms with Gasteiger partial charge in [-0.05, 0) is 0 Å². The second-order valence-electron chi connectivity index (χ2n) is 2.16. The molecule has 0 aliphatic carbocycles. The molecule has 0 saturated heterocycles. The fourth-order valence-corrected chi connectivity index (χ4v) is 1.25. The summed E-state index contributed by atoms with van der Waals surface area (Å²) in [5.41, 5.74) is 0. The first-order valence-corrected chi connectivity index (χ1v) is 5.04. The molecule has 0 rings (SSSR count). The summed E-state index contributed by atoms with van der Waals surface area (Å²) in [7, 11) is 0. The summed E-state index contributed by atoms with van der Waals surface area (Å²) in [6, 6.07) is 0. The van der Waals surface area contributed by atoms with Gasteiger partial charge < -0.3 is 0 Å². The third kappa shape index (κ3) is 6.54. The first-order valence-electron chi connectivity index (χ1n) is 3.56. The first-order chi connectivity index (χ1) is 3.91. The maximum atomic E-state index is 2.26. The Balaban J connectivity index is 2.53. The molecule has 0 amide bonds. The van der Waals surface area contributed by atoms with E-state index in [2.05, 4.69) is 23.4 Å². The second-order valence-corrected chi connectivity index (χ2v) is 3.21. The molecule has 0 saturated carbocycles. The van der Waals surface area contributed by atoms with Crippen LogP contribution in [0.4, 0.5) is 0 Å². The van der Waals surface area contributed by atoms with Crippen LogP contribution in [-0.2, 0) is 0 Å². The number of unbranched alkanes of at least 4 members (excludes halogenated alkanes) is 4. The molecule has 0 atom stereocenters. The average molecular weight is 172 g/mol. The summed E-state index contributed by atoms with van der Waals surface area (Å²) < 4.78 is 0. The van der Waals surface area contributed by atoms with Crippen molar-refractivity contribution in [2.45, 2.75) is 44.3 Å². The van der Waals surface area contributed by atoms with Gasteiger partial charge in [-0.25, -0.2) is 0 Å². The van der Waals surface area contributed by atoms with Gasteiger partial charge in [0.1, 0.15) is 0 Å². The molecule has 0 aliphatic rings. The Morgan fingerprint density at radius 2 is 1.62 bits per heavy atom. The Labute approximate surface area is 61.3 Å². The third-order valence-corrected chi connectivity index (χ3v) is 2.02. The van der Waals surface area contributed by atoms with E-state index in [0.29, 0.717) is 0 Å². The Kier molecular flexibility index (Phi) is 8.05. The molecule has 0 unspecified atom stereocenters.